The number of hydrogen-bond donors (Lipinski definition) is 1. The molecule has 33 heavy (non-hydrogen) atoms. The van der Waals surface area contributed by atoms with Crippen molar-refractivity contribution in [3.05, 3.63) is 89.5 Å². The highest BCUT2D eigenvalue weighted by atomic mass is 16.5. The van der Waals surface area contributed by atoms with Gasteiger partial charge in [-0.3, -0.25) is 4.79 Å². The van der Waals surface area contributed by atoms with Crippen molar-refractivity contribution in [3.8, 4) is 5.75 Å². The van der Waals surface area contributed by atoms with Crippen molar-refractivity contribution in [3.63, 3.8) is 0 Å². The normalized spacial score (nSPS) is 13.4. The first-order chi connectivity index (χ1) is 16.2. The Morgan fingerprint density at radius 2 is 1.94 bits per heavy atom. The number of rotatable bonds is 7. The summed E-state index contributed by atoms with van der Waals surface area (Å²) < 4.78 is 7.87. The van der Waals surface area contributed by atoms with E-state index in [1.165, 1.54) is 12.8 Å². The number of nitrogens with zero attached hydrogens (tertiary/aromatic N) is 4. The third-order valence-electron chi connectivity index (χ3n) is 5.92. The van der Waals surface area contributed by atoms with E-state index in [9.17, 15) is 4.79 Å². The zero-order chi connectivity index (χ0) is 22.6. The lowest BCUT2D eigenvalue weighted by molar-refractivity contribution is 0.0951. The summed E-state index contributed by atoms with van der Waals surface area (Å²) in [6, 6.07) is 15.2. The molecular formula is C26H27N5O2. The van der Waals surface area contributed by atoms with Crippen LogP contribution in [0.4, 0.5) is 5.82 Å². The number of fused-ring (bicyclic) bond motifs is 1. The van der Waals surface area contributed by atoms with Crippen molar-refractivity contribution in [2.75, 3.05) is 18.0 Å². The molecule has 1 amide bonds. The van der Waals surface area contributed by atoms with E-state index in [1.807, 2.05) is 60.2 Å². The fourth-order valence-corrected chi connectivity index (χ4v) is 4.11. The topological polar surface area (TPSA) is 71.8 Å². The summed E-state index contributed by atoms with van der Waals surface area (Å²) in [5.41, 5.74) is 4.56. The van der Waals surface area contributed by atoms with Crippen molar-refractivity contribution < 1.29 is 9.53 Å². The molecule has 4 aromatic rings. The number of anilines is 1. The zero-order valence-corrected chi connectivity index (χ0v) is 18.7. The Bertz CT molecular complexity index is 1260. The second-order valence-corrected chi connectivity index (χ2v) is 8.37. The van der Waals surface area contributed by atoms with Gasteiger partial charge >= 0.3 is 0 Å². The van der Waals surface area contributed by atoms with E-state index in [2.05, 4.69) is 26.3 Å². The summed E-state index contributed by atoms with van der Waals surface area (Å²) in [5, 5.41) is 2.99. The van der Waals surface area contributed by atoms with Gasteiger partial charge in [-0.25, -0.2) is 9.97 Å². The Labute approximate surface area is 193 Å². The van der Waals surface area contributed by atoms with Gasteiger partial charge in [-0.2, -0.15) is 0 Å². The van der Waals surface area contributed by atoms with E-state index >= 15 is 0 Å². The predicted molar refractivity (Wildman–Crippen MR) is 128 cm³/mol. The molecule has 0 radical (unpaired) electrons. The van der Waals surface area contributed by atoms with Gasteiger partial charge in [-0.05, 0) is 73.4 Å². The fraction of sp³-hybridized carbons (Fsp3) is 0.269. The van der Waals surface area contributed by atoms with Crippen molar-refractivity contribution in [2.24, 2.45) is 0 Å². The van der Waals surface area contributed by atoms with Crippen LogP contribution >= 0.6 is 0 Å². The quantitative estimate of drug-likeness (QED) is 0.467. The van der Waals surface area contributed by atoms with Crippen LogP contribution in [0.15, 0.2) is 67.1 Å². The summed E-state index contributed by atoms with van der Waals surface area (Å²) in [6.45, 7) is 4.97. The average molecular weight is 442 g/mol. The molecule has 5 rings (SSSR count). The van der Waals surface area contributed by atoms with Crippen LogP contribution in [0.5, 0.6) is 5.75 Å². The predicted octanol–water partition coefficient (Wildman–Crippen LogP) is 4.15. The molecular weight excluding hydrogens is 414 g/mol. The van der Waals surface area contributed by atoms with Crippen molar-refractivity contribution in [1.29, 1.82) is 0 Å². The molecule has 0 saturated carbocycles. The van der Waals surface area contributed by atoms with Crippen LogP contribution < -0.4 is 15.0 Å². The Kier molecular flexibility index (Phi) is 5.93. The molecule has 4 heterocycles. The number of pyridine rings is 2. The molecule has 7 heteroatoms. The van der Waals surface area contributed by atoms with Crippen LogP contribution in [-0.4, -0.2) is 33.4 Å². The maximum Gasteiger partial charge on any atom is 0.251 e. The van der Waals surface area contributed by atoms with Crippen LogP contribution in [0.25, 0.3) is 5.65 Å². The molecule has 3 aromatic heterocycles. The van der Waals surface area contributed by atoms with Crippen molar-refractivity contribution >= 4 is 17.4 Å². The highest BCUT2D eigenvalue weighted by Crippen LogP contribution is 2.19. The molecule has 0 atom stereocenters. The second-order valence-electron chi connectivity index (χ2n) is 8.37. The van der Waals surface area contributed by atoms with Crippen LogP contribution in [0.2, 0.25) is 0 Å². The summed E-state index contributed by atoms with van der Waals surface area (Å²) >= 11 is 0. The highest BCUT2D eigenvalue weighted by molar-refractivity contribution is 5.94. The molecule has 0 unspecified atom stereocenters. The van der Waals surface area contributed by atoms with Gasteiger partial charge in [0.15, 0.2) is 0 Å². The SMILES string of the molecule is Cc1cccn2cc(COc3ccc(C(=O)NCc4ccnc(N5CCCC5)c4)cc3)nc12. The number of carbonyl (C=O) groups excluding carboxylic acids is 1. The number of ether oxygens (including phenoxy) is 1. The Balaban J connectivity index is 1.15. The number of benzene rings is 1. The molecule has 168 valence electrons. The van der Waals surface area contributed by atoms with E-state index in [0.29, 0.717) is 24.5 Å². The van der Waals surface area contributed by atoms with Crippen molar-refractivity contribution in [2.45, 2.75) is 32.9 Å². The van der Waals surface area contributed by atoms with E-state index in [4.69, 9.17) is 4.74 Å². The third kappa shape index (κ3) is 4.82. The van der Waals surface area contributed by atoms with Gasteiger partial charge in [0.05, 0.1) is 5.69 Å². The molecule has 7 nitrogen and oxygen atoms in total. The lowest BCUT2D eigenvalue weighted by Crippen LogP contribution is -2.23. The van der Waals surface area contributed by atoms with Crippen LogP contribution in [0.3, 0.4) is 0 Å². The standard InChI is InChI=1S/C26H27N5O2/c1-19-5-4-14-31-17-22(29-25(19)31)18-33-23-8-6-21(7-9-23)26(32)28-16-20-10-11-27-24(15-20)30-12-2-3-13-30/h4-11,14-15,17H,2-3,12-13,16,18H2,1H3,(H,28,32). The monoisotopic (exact) mass is 441 g/mol. The minimum atomic E-state index is -0.114. The molecule has 1 N–H and O–H groups in total. The summed E-state index contributed by atoms with van der Waals surface area (Å²) in [6.07, 6.45) is 8.18. The Hall–Kier alpha value is -3.87. The smallest absolute Gasteiger partial charge is 0.251 e. The van der Waals surface area contributed by atoms with Crippen LogP contribution in [-0.2, 0) is 13.2 Å². The fourth-order valence-electron chi connectivity index (χ4n) is 4.11. The third-order valence-corrected chi connectivity index (χ3v) is 5.92. The molecule has 0 aliphatic carbocycles. The maximum absolute atomic E-state index is 12.6. The average Bonchev–Trinajstić information content (AvgIpc) is 3.53. The van der Waals surface area contributed by atoms with Gasteiger partial charge in [-0.1, -0.05) is 6.07 Å². The largest absolute Gasteiger partial charge is 0.487 e. The number of imidazole rings is 1. The highest BCUT2D eigenvalue weighted by Gasteiger charge is 2.14. The number of aromatic nitrogens is 3. The van der Waals surface area contributed by atoms with E-state index < -0.39 is 0 Å². The zero-order valence-electron chi connectivity index (χ0n) is 18.7. The number of carbonyl (C=O) groups is 1. The lowest BCUT2D eigenvalue weighted by Gasteiger charge is -2.17. The number of hydrogen-bond acceptors (Lipinski definition) is 5. The lowest BCUT2D eigenvalue weighted by atomic mass is 10.2. The molecule has 1 aliphatic rings. The van der Waals surface area contributed by atoms with E-state index in [0.717, 1.165) is 41.4 Å². The first-order valence-corrected chi connectivity index (χ1v) is 11.3. The van der Waals surface area contributed by atoms with Gasteiger partial charge in [-0.15, -0.1) is 0 Å². The number of aryl methyl sites for hydroxylation is 1. The maximum atomic E-state index is 12.6. The number of nitrogens with one attached hydrogen (secondary N) is 1. The molecule has 0 spiro atoms. The summed E-state index contributed by atoms with van der Waals surface area (Å²) in [7, 11) is 0. The molecule has 1 aliphatic heterocycles. The summed E-state index contributed by atoms with van der Waals surface area (Å²) in [5.74, 6) is 1.57. The number of amides is 1. The Morgan fingerprint density at radius 1 is 1.12 bits per heavy atom. The van der Waals surface area contributed by atoms with E-state index in [1.54, 1.807) is 12.1 Å². The minimum absolute atomic E-state index is 0.114. The second kappa shape index (κ2) is 9.32. The van der Waals surface area contributed by atoms with Gasteiger partial charge in [0.25, 0.3) is 5.91 Å². The summed E-state index contributed by atoms with van der Waals surface area (Å²) in [4.78, 5) is 24.0. The molecule has 1 aromatic carbocycles. The van der Waals surface area contributed by atoms with Gasteiger partial charge < -0.3 is 19.4 Å². The van der Waals surface area contributed by atoms with Gasteiger partial charge in [0, 0.05) is 43.8 Å². The first kappa shape index (κ1) is 21.0. The molecule has 1 fully saturated rings. The minimum Gasteiger partial charge on any atom is -0.487 e. The van der Waals surface area contributed by atoms with Crippen LogP contribution in [0.1, 0.15) is 40.0 Å². The molecule has 0 bridgehead atoms. The van der Waals surface area contributed by atoms with E-state index in [-0.39, 0.29) is 5.91 Å². The van der Waals surface area contributed by atoms with Crippen molar-refractivity contribution in [1.82, 2.24) is 19.7 Å². The Morgan fingerprint density at radius 3 is 2.73 bits per heavy atom. The first-order valence-electron chi connectivity index (χ1n) is 11.3. The van der Waals surface area contributed by atoms with Crippen LogP contribution in [0, 0.1) is 6.92 Å². The van der Waals surface area contributed by atoms with Gasteiger partial charge in [0.2, 0.25) is 0 Å². The van der Waals surface area contributed by atoms with Gasteiger partial charge in [0.1, 0.15) is 23.8 Å². The molecule has 1 saturated heterocycles.